The molecule has 0 spiro atoms. The lowest BCUT2D eigenvalue weighted by Crippen LogP contribution is -2.39. The predicted molar refractivity (Wildman–Crippen MR) is 70.0 cm³/mol. The zero-order valence-electron chi connectivity index (χ0n) is 11.9. The van der Waals surface area contributed by atoms with E-state index in [0.717, 1.165) is 19.5 Å². The van der Waals surface area contributed by atoms with Gasteiger partial charge in [-0.1, -0.05) is 13.8 Å². The van der Waals surface area contributed by atoms with Crippen LogP contribution in [0.2, 0.25) is 0 Å². The number of nitrogens with zero attached hydrogens (tertiary/aromatic N) is 2. The molecule has 1 N–H and O–H groups in total. The summed E-state index contributed by atoms with van der Waals surface area (Å²) in [6, 6.07) is 2.29. The standard InChI is InChI=1S/C14H24N2O2/c1-11(2)14(12(17)18)6-8-16(10-14)7-5-13(3,4)9-15/h11H,5-8,10H2,1-4H3,(H,17,18). The van der Waals surface area contributed by atoms with E-state index in [-0.39, 0.29) is 11.3 Å². The summed E-state index contributed by atoms with van der Waals surface area (Å²) in [5.74, 6) is -0.538. The van der Waals surface area contributed by atoms with Crippen LogP contribution in [0, 0.1) is 28.1 Å². The molecule has 1 saturated heterocycles. The number of likely N-dealkylation sites (tertiary alicyclic amines) is 1. The molecule has 4 heteroatoms. The largest absolute Gasteiger partial charge is 0.481 e. The first-order valence-corrected chi connectivity index (χ1v) is 6.60. The summed E-state index contributed by atoms with van der Waals surface area (Å²) in [5.41, 5.74) is -0.927. The van der Waals surface area contributed by atoms with Gasteiger partial charge in [-0.3, -0.25) is 4.79 Å². The molecule has 0 saturated carbocycles. The molecule has 0 aromatic heterocycles. The lowest BCUT2D eigenvalue weighted by molar-refractivity contribution is -0.151. The summed E-state index contributed by atoms with van der Waals surface area (Å²) in [7, 11) is 0. The van der Waals surface area contributed by atoms with Crippen LogP contribution in [0.4, 0.5) is 0 Å². The van der Waals surface area contributed by atoms with Gasteiger partial charge in [0.05, 0.1) is 16.9 Å². The van der Waals surface area contributed by atoms with Gasteiger partial charge < -0.3 is 10.0 Å². The Kier molecular flexibility index (Phi) is 4.39. The van der Waals surface area contributed by atoms with Gasteiger partial charge in [-0.15, -0.1) is 0 Å². The van der Waals surface area contributed by atoms with E-state index >= 15 is 0 Å². The fourth-order valence-electron chi connectivity index (χ4n) is 2.49. The van der Waals surface area contributed by atoms with E-state index in [1.807, 2.05) is 27.7 Å². The van der Waals surface area contributed by atoms with Crippen LogP contribution >= 0.6 is 0 Å². The Bertz CT molecular complexity index is 357. The summed E-state index contributed by atoms with van der Waals surface area (Å²) in [5, 5.41) is 18.4. The molecule has 0 aliphatic carbocycles. The summed E-state index contributed by atoms with van der Waals surface area (Å²) in [6.45, 7) is 10.1. The third-order valence-electron chi connectivity index (χ3n) is 4.27. The lowest BCUT2D eigenvalue weighted by atomic mass is 9.76. The Balaban J connectivity index is 2.61. The fraction of sp³-hybridized carbons (Fsp3) is 0.857. The Morgan fingerprint density at radius 2 is 2.17 bits per heavy atom. The number of rotatable bonds is 5. The second-order valence-corrected chi connectivity index (χ2v) is 6.39. The molecule has 1 fully saturated rings. The third kappa shape index (κ3) is 3.02. The maximum absolute atomic E-state index is 11.5. The molecule has 1 rings (SSSR count). The van der Waals surface area contributed by atoms with Crippen molar-refractivity contribution in [1.29, 1.82) is 5.26 Å². The van der Waals surface area contributed by atoms with Gasteiger partial charge in [0.1, 0.15) is 0 Å². The van der Waals surface area contributed by atoms with Crippen LogP contribution in [0.1, 0.15) is 40.5 Å². The van der Waals surface area contributed by atoms with Crippen LogP contribution < -0.4 is 0 Å². The van der Waals surface area contributed by atoms with Crippen molar-refractivity contribution in [2.45, 2.75) is 40.5 Å². The van der Waals surface area contributed by atoms with Gasteiger partial charge in [0.2, 0.25) is 0 Å². The first-order valence-electron chi connectivity index (χ1n) is 6.60. The molecular weight excluding hydrogens is 228 g/mol. The Labute approximate surface area is 110 Å². The van der Waals surface area contributed by atoms with Crippen LogP contribution in [-0.4, -0.2) is 35.6 Å². The second kappa shape index (κ2) is 5.27. The van der Waals surface area contributed by atoms with Crippen molar-refractivity contribution < 1.29 is 9.90 Å². The van der Waals surface area contributed by atoms with Gasteiger partial charge in [0.15, 0.2) is 0 Å². The van der Waals surface area contributed by atoms with Gasteiger partial charge in [-0.25, -0.2) is 0 Å². The number of nitriles is 1. The van der Waals surface area contributed by atoms with Gasteiger partial charge in [0.25, 0.3) is 0 Å². The molecule has 0 bridgehead atoms. The molecular formula is C14H24N2O2. The van der Waals surface area contributed by atoms with Crippen LogP contribution in [0.3, 0.4) is 0 Å². The Morgan fingerprint density at radius 1 is 1.56 bits per heavy atom. The van der Waals surface area contributed by atoms with Crippen molar-refractivity contribution in [3.05, 3.63) is 0 Å². The molecule has 1 aliphatic rings. The van der Waals surface area contributed by atoms with Crippen LogP contribution in [0.15, 0.2) is 0 Å². The SMILES string of the molecule is CC(C)C1(C(=O)O)CCN(CCC(C)(C)C#N)C1. The monoisotopic (exact) mass is 252 g/mol. The summed E-state index contributed by atoms with van der Waals surface area (Å²) in [6.07, 6.45) is 1.50. The summed E-state index contributed by atoms with van der Waals surface area (Å²) in [4.78, 5) is 13.7. The minimum Gasteiger partial charge on any atom is -0.481 e. The number of hydrogen-bond acceptors (Lipinski definition) is 3. The highest BCUT2D eigenvalue weighted by molar-refractivity contribution is 5.75. The predicted octanol–water partition coefficient (Wildman–Crippen LogP) is 2.36. The highest BCUT2D eigenvalue weighted by atomic mass is 16.4. The van der Waals surface area contributed by atoms with E-state index in [1.54, 1.807) is 0 Å². The normalized spacial score (nSPS) is 25.3. The van der Waals surface area contributed by atoms with Crippen molar-refractivity contribution in [2.24, 2.45) is 16.7 Å². The first-order chi connectivity index (χ1) is 8.23. The number of carboxylic acid groups (broad SMARTS) is 1. The molecule has 1 atom stereocenters. The number of carbonyl (C=O) groups is 1. The van der Waals surface area contributed by atoms with E-state index in [4.69, 9.17) is 5.26 Å². The number of aliphatic carboxylic acids is 1. The molecule has 0 amide bonds. The van der Waals surface area contributed by atoms with Gasteiger partial charge in [-0.2, -0.15) is 5.26 Å². The van der Waals surface area contributed by atoms with Crippen molar-refractivity contribution in [1.82, 2.24) is 4.90 Å². The third-order valence-corrected chi connectivity index (χ3v) is 4.27. The molecule has 0 aromatic rings. The van der Waals surface area contributed by atoms with Crippen molar-refractivity contribution in [2.75, 3.05) is 19.6 Å². The minimum atomic E-state index is -0.681. The zero-order chi connectivity index (χ0) is 14.0. The van der Waals surface area contributed by atoms with E-state index in [1.165, 1.54) is 0 Å². The van der Waals surface area contributed by atoms with Crippen molar-refractivity contribution in [3.8, 4) is 6.07 Å². The number of hydrogen-bond donors (Lipinski definition) is 1. The van der Waals surface area contributed by atoms with E-state index < -0.39 is 11.4 Å². The van der Waals surface area contributed by atoms with Crippen molar-refractivity contribution >= 4 is 5.97 Å². The molecule has 102 valence electrons. The summed E-state index contributed by atoms with van der Waals surface area (Å²) < 4.78 is 0. The molecule has 1 heterocycles. The fourth-order valence-corrected chi connectivity index (χ4v) is 2.49. The summed E-state index contributed by atoms with van der Waals surface area (Å²) >= 11 is 0. The average Bonchev–Trinajstić information content (AvgIpc) is 2.72. The molecule has 0 aromatic carbocycles. The maximum Gasteiger partial charge on any atom is 0.311 e. The topological polar surface area (TPSA) is 64.3 Å². The Hall–Kier alpha value is -1.08. The minimum absolute atomic E-state index is 0.143. The zero-order valence-corrected chi connectivity index (χ0v) is 11.9. The molecule has 1 aliphatic heterocycles. The van der Waals surface area contributed by atoms with Gasteiger partial charge >= 0.3 is 5.97 Å². The maximum atomic E-state index is 11.5. The number of carboxylic acids is 1. The van der Waals surface area contributed by atoms with E-state index in [9.17, 15) is 9.90 Å². The smallest absolute Gasteiger partial charge is 0.311 e. The Morgan fingerprint density at radius 3 is 2.56 bits per heavy atom. The quantitative estimate of drug-likeness (QED) is 0.815. The molecule has 18 heavy (non-hydrogen) atoms. The highest BCUT2D eigenvalue weighted by Crippen LogP contribution is 2.38. The average molecular weight is 252 g/mol. The molecule has 1 unspecified atom stereocenters. The van der Waals surface area contributed by atoms with E-state index in [2.05, 4.69) is 11.0 Å². The lowest BCUT2D eigenvalue weighted by Gasteiger charge is -2.29. The van der Waals surface area contributed by atoms with Crippen LogP contribution in [0.5, 0.6) is 0 Å². The van der Waals surface area contributed by atoms with Crippen LogP contribution in [0.25, 0.3) is 0 Å². The first kappa shape index (κ1) is 15.0. The molecule has 0 radical (unpaired) electrons. The van der Waals surface area contributed by atoms with Crippen LogP contribution in [-0.2, 0) is 4.79 Å². The highest BCUT2D eigenvalue weighted by Gasteiger charge is 2.47. The molecule has 4 nitrogen and oxygen atoms in total. The second-order valence-electron chi connectivity index (χ2n) is 6.39. The van der Waals surface area contributed by atoms with Gasteiger partial charge in [0, 0.05) is 6.54 Å². The van der Waals surface area contributed by atoms with Crippen molar-refractivity contribution in [3.63, 3.8) is 0 Å². The van der Waals surface area contributed by atoms with E-state index in [0.29, 0.717) is 13.0 Å². The van der Waals surface area contributed by atoms with Gasteiger partial charge in [-0.05, 0) is 45.7 Å².